The Kier molecular flexibility index (Phi) is 5.67. The largest absolute Gasteiger partial charge is 0.493 e. The summed E-state index contributed by atoms with van der Waals surface area (Å²) in [6.45, 7) is 2.42. The first-order chi connectivity index (χ1) is 13.0. The van der Waals surface area contributed by atoms with Crippen molar-refractivity contribution in [2.45, 2.75) is 19.1 Å². The topological polar surface area (TPSA) is 86.0 Å². The highest BCUT2D eigenvalue weighted by molar-refractivity contribution is 5.93. The standard InChI is InChI=1S/C19H25N3O5/c1-12-9-14(21(2)20-12)19(24)22-7-8-27-17(11-23)18(22)13-5-6-15(25-3)16(10-13)26-4/h5-6,9-10,17-18,23H,7-8,11H2,1-4H3/t17-,18-/m0/s1. The number of hydrogen-bond donors (Lipinski definition) is 1. The maximum Gasteiger partial charge on any atom is 0.272 e. The number of aliphatic hydroxyl groups excluding tert-OH is 1. The van der Waals surface area contributed by atoms with Crippen molar-refractivity contribution in [3.05, 3.63) is 41.2 Å². The predicted molar refractivity (Wildman–Crippen MR) is 98.1 cm³/mol. The predicted octanol–water partition coefficient (Wildman–Crippen LogP) is 1.32. The van der Waals surface area contributed by atoms with E-state index < -0.39 is 12.1 Å². The highest BCUT2D eigenvalue weighted by Crippen LogP contribution is 2.36. The number of rotatable bonds is 5. The van der Waals surface area contributed by atoms with Gasteiger partial charge in [0.1, 0.15) is 11.8 Å². The molecular formula is C19H25N3O5. The molecule has 1 aromatic carbocycles. The van der Waals surface area contributed by atoms with E-state index >= 15 is 0 Å². The smallest absolute Gasteiger partial charge is 0.272 e. The normalized spacial score (nSPS) is 19.8. The molecule has 0 saturated carbocycles. The van der Waals surface area contributed by atoms with Crippen LogP contribution in [0.5, 0.6) is 11.5 Å². The van der Waals surface area contributed by atoms with Crippen LogP contribution in [0.2, 0.25) is 0 Å². The van der Waals surface area contributed by atoms with E-state index in [0.717, 1.165) is 11.3 Å². The molecule has 2 heterocycles. The van der Waals surface area contributed by atoms with Crippen molar-refractivity contribution >= 4 is 5.91 Å². The van der Waals surface area contributed by atoms with Crippen LogP contribution < -0.4 is 9.47 Å². The van der Waals surface area contributed by atoms with Gasteiger partial charge in [-0.2, -0.15) is 5.10 Å². The Morgan fingerprint density at radius 1 is 1.30 bits per heavy atom. The fourth-order valence-corrected chi connectivity index (χ4v) is 3.50. The minimum absolute atomic E-state index is 0.153. The molecule has 0 unspecified atom stereocenters. The van der Waals surface area contributed by atoms with Crippen LogP contribution in [0, 0.1) is 6.92 Å². The average Bonchev–Trinajstić information content (AvgIpc) is 3.04. The van der Waals surface area contributed by atoms with Gasteiger partial charge in [0, 0.05) is 13.6 Å². The van der Waals surface area contributed by atoms with Gasteiger partial charge in [-0.1, -0.05) is 6.07 Å². The van der Waals surface area contributed by atoms with Crippen LogP contribution in [0.3, 0.4) is 0 Å². The molecule has 1 N–H and O–H groups in total. The number of benzene rings is 1. The van der Waals surface area contributed by atoms with Crippen molar-refractivity contribution in [1.29, 1.82) is 0 Å². The first-order valence-corrected chi connectivity index (χ1v) is 8.76. The Hall–Kier alpha value is -2.58. The molecule has 0 spiro atoms. The number of ether oxygens (including phenoxy) is 3. The molecule has 3 rings (SSSR count). The lowest BCUT2D eigenvalue weighted by molar-refractivity contribution is -0.0814. The molecule has 1 saturated heterocycles. The van der Waals surface area contributed by atoms with Crippen molar-refractivity contribution < 1.29 is 24.1 Å². The number of carbonyl (C=O) groups is 1. The van der Waals surface area contributed by atoms with Gasteiger partial charge >= 0.3 is 0 Å². The zero-order valence-corrected chi connectivity index (χ0v) is 16.0. The van der Waals surface area contributed by atoms with E-state index in [-0.39, 0.29) is 12.5 Å². The highest BCUT2D eigenvalue weighted by Gasteiger charge is 2.37. The van der Waals surface area contributed by atoms with E-state index in [1.54, 1.807) is 43.0 Å². The van der Waals surface area contributed by atoms with E-state index in [9.17, 15) is 9.90 Å². The molecule has 8 nitrogen and oxygen atoms in total. The number of hydrogen-bond acceptors (Lipinski definition) is 6. The van der Waals surface area contributed by atoms with Gasteiger partial charge in [-0.25, -0.2) is 0 Å². The molecule has 146 valence electrons. The van der Waals surface area contributed by atoms with Crippen molar-refractivity contribution in [1.82, 2.24) is 14.7 Å². The van der Waals surface area contributed by atoms with Crippen molar-refractivity contribution in [3.8, 4) is 11.5 Å². The van der Waals surface area contributed by atoms with Crippen LogP contribution in [-0.4, -0.2) is 65.8 Å². The third-order valence-electron chi connectivity index (χ3n) is 4.76. The molecule has 1 aliphatic heterocycles. The fourth-order valence-electron chi connectivity index (χ4n) is 3.50. The fraction of sp³-hybridized carbons (Fsp3) is 0.474. The molecule has 1 fully saturated rings. The maximum atomic E-state index is 13.2. The quantitative estimate of drug-likeness (QED) is 0.848. The minimum atomic E-state index is -0.532. The molecular weight excluding hydrogens is 350 g/mol. The second kappa shape index (κ2) is 7.98. The summed E-state index contributed by atoms with van der Waals surface area (Å²) in [5.74, 6) is 0.999. The van der Waals surface area contributed by atoms with Crippen LogP contribution in [-0.2, 0) is 11.8 Å². The van der Waals surface area contributed by atoms with Gasteiger partial charge in [0.2, 0.25) is 0 Å². The summed E-state index contributed by atoms with van der Waals surface area (Å²) in [6, 6.07) is 6.77. The zero-order valence-electron chi connectivity index (χ0n) is 16.0. The number of amides is 1. The van der Waals surface area contributed by atoms with Crippen LogP contribution >= 0.6 is 0 Å². The van der Waals surface area contributed by atoms with Gasteiger partial charge in [-0.3, -0.25) is 9.48 Å². The molecule has 1 amide bonds. The average molecular weight is 375 g/mol. The lowest BCUT2D eigenvalue weighted by Gasteiger charge is -2.41. The molecule has 2 atom stereocenters. The van der Waals surface area contributed by atoms with Gasteiger partial charge in [-0.05, 0) is 30.7 Å². The summed E-state index contributed by atoms with van der Waals surface area (Å²) < 4.78 is 18.0. The van der Waals surface area contributed by atoms with Crippen molar-refractivity contribution in [2.75, 3.05) is 34.0 Å². The highest BCUT2D eigenvalue weighted by atomic mass is 16.5. The van der Waals surface area contributed by atoms with E-state index in [4.69, 9.17) is 14.2 Å². The van der Waals surface area contributed by atoms with Gasteiger partial charge < -0.3 is 24.2 Å². The van der Waals surface area contributed by atoms with Gasteiger partial charge in [0.05, 0.1) is 39.2 Å². The monoisotopic (exact) mass is 375 g/mol. The summed E-state index contributed by atoms with van der Waals surface area (Å²) in [5, 5.41) is 14.1. The molecule has 0 bridgehead atoms. The lowest BCUT2D eigenvalue weighted by atomic mass is 9.97. The molecule has 8 heteroatoms. The van der Waals surface area contributed by atoms with Crippen LogP contribution in [0.25, 0.3) is 0 Å². The maximum absolute atomic E-state index is 13.2. The minimum Gasteiger partial charge on any atom is -0.493 e. The first kappa shape index (κ1) is 19.2. The summed E-state index contributed by atoms with van der Waals surface area (Å²) in [4.78, 5) is 15.0. The Morgan fingerprint density at radius 2 is 2.04 bits per heavy atom. The van der Waals surface area contributed by atoms with E-state index in [0.29, 0.717) is 30.3 Å². The molecule has 2 aromatic rings. The van der Waals surface area contributed by atoms with Crippen molar-refractivity contribution in [3.63, 3.8) is 0 Å². The number of aliphatic hydroxyl groups is 1. The van der Waals surface area contributed by atoms with Gasteiger partial charge in [-0.15, -0.1) is 0 Å². The molecule has 27 heavy (non-hydrogen) atoms. The van der Waals surface area contributed by atoms with E-state index in [1.807, 2.05) is 19.1 Å². The van der Waals surface area contributed by atoms with Gasteiger partial charge in [0.15, 0.2) is 11.5 Å². The number of carbonyl (C=O) groups excluding carboxylic acids is 1. The van der Waals surface area contributed by atoms with E-state index in [1.165, 1.54) is 0 Å². The number of morpholine rings is 1. The second-order valence-corrected chi connectivity index (χ2v) is 6.44. The second-order valence-electron chi connectivity index (χ2n) is 6.44. The Bertz CT molecular complexity index is 820. The SMILES string of the molecule is COc1ccc([C@H]2[C@H](CO)OCCN2C(=O)c2cc(C)nn2C)cc1OC. The Balaban J connectivity index is 2.02. The van der Waals surface area contributed by atoms with Crippen molar-refractivity contribution in [2.24, 2.45) is 7.05 Å². The molecule has 1 aliphatic rings. The lowest BCUT2D eigenvalue weighted by Crippen LogP contribution is -2.49. The zero-order chi connectivity index (χ0) is 19.6. The Morgan fingerprint density at radius 3 is 2.63 bits per heavy atom. The van der Waals surface area contributed by atoms with Crippen LogP contribution in [0.15, 0.2) is 24.3 Å². The third-order valence-corrected chi connectivity index (χ3v) is 4.76. The summed E-state index contributed by atoms with van der Waals surface area (Å²) in [7, 11) is 4.87. The number of aryl methyl sites for hydroxylation is 2. The Labute approximate surface area is 158 Å². The molecule has 0 radical (unpaired) electrons. The molecule has 0 aliphatic carbocycles. The first-order valence-electron chi connectivity index (χ1n) is 8.76. The number of aromatic nitrogens is 2. The number of methoxy groups -OCH3 is 2. The summed E-state index contributed by atoms with van der Waals surface area (Å²) in [6.07, 6.45) is -0.532. The molecule has 1 aromatic heterocycles. The van der Waals surface area contributed by atoms with Crippen LogP contribution in [0.1, 0.15) is 27.8 Å². The van der Waals surface area contributed by atoms with E-state index in [2.05, 4.69) is 5.10 Å². The summed E-state index contributed by atoms with van der Waals surface area (Å²) in [5.41, 5.74) is 2.07. The summed E-state index contributed by atoms with van der Waals surface area (Å²) >= 11 is 0. The van der Waals surface area contributed by atoms with Gasteiger partial charge in [0.25, 0.3) is 5.91 Å². The van der Waals surface area contributed by atoms with Crippen LogP contribution in [0.4, 0.5) is 0 Å². The third kappa shape index (κ3) is 3.63. The number of nitrogens with zero attached hydrogens (tertiary/aromatic N) is 3.